The van der Waals surface area contributed by atoms with Gasteiger partial charge in [-0.25, -0.2) is 0 Å². The lowest BCUT2D eigenvalue weighted by atomic mass is 10.0. The molecule has 0 aliphatic heterocycles. The Balaban J connectivity index is 2.06. The van der Waals surface area contributed by atoms with Crippen molar-refractivity contribution in [2.75, 3.05) is 0 Å². The van der Waals surface area contributed by atoms with Crippen LogP contribution in [0.3, 0.4) is 0 Å². The van der Waals surface area contributed by atoms with Crippen LogP contribution >= 0.6 is 0 Å². The second-order valence-electron chi connectivity index (χ2n) is 5.17. The van der Waals surface area contributed by atoms with Crippen LogP contribution in [-0.4, -0.2) is 10.1 Å². The van der Waals surface area contributed by atoms with Gasteiger partial charge >= 0.3 is 0 Å². The van der Waals surface area contributed by atoms with Gasteiger partial charge in [0.25, 0.3) is 0 Å². The van der Waals surface area contributed by atoms with Crippen molar-refractivity contribution in [1.82, 2.24) is 4.98 Å². The van der Waals surface area contributed by atoms with Crippen LogP contribution in [-0.2, 0) is 0 Å². The molecule has 3 heteroatoms. The lowest BCUT2D eigenvalue weighted by Gasteiger charge is -2.10. The minimum absolute atomic E-state index is 0.505. The predicted octanol–water partition coefficient (Wildman–Crippen LogP) is 4.44. The SMILES string of the molecule is CC[C@@H](O)c1ccc(Oc2ccc(C(C)C)cc2)cn1. The molecule has 0 fully saturated rings. The fourth-order valence-corrected chi connectivity index (χ4v) is 1.92. The van der Waals surface area contributed by atoms with Crippen molar-refractivity contribution in [2.45, 2.75) is 39.2 Å². The number of aliphatic hydroxyl groups is 1. The number of aromatic nitrogens is 1. The smallest absolute Gasteiger partial charge is 0.145 e. The molecule has 0 aliphatic carbocycles. The van der Waals surface area contributed by atoms with Crippen molar-refractivity contribution >= 4 is 0 Å². The third-order valence-corrected chi connectivity index (χ3v) is 3.27. The van der Waals surface area contributed by atoms with Crippen LogP contribution in [0.15, 0.2) is 42.6 Å². The summed E-state index contributed by atoms with van der Waals surface area (Å²) in [4.78, 5) is 4.22. The van der Waals surface area contributed by atoms with Crippen molar-refractivity contribution in [3.8, 4) is 11.5 Å². The van der Waals surface area contributed by atoms with Crippen LogP contribution in [0.2, 0.25) is 0 Å². The summed E-state index contributed by atoms with van der Waals surface area (Å²) in [7, 11) is 0. The molecule has 2 aromatic rings. The number of ether oxygens (including phenoxy) is 1. The number of benzene rings is 1. The van der Waals surface area contributed by atoms with E-state index in [-0.39, 0.29) is 0 Å². The monoisotopic (exact) mass is 271 g/mol. The molecule has 0 bridgehead atoms. The van der Waals surface area contributed by atoms with Gasteiger partial charge in [-0.2, -0.15) is 0 Å². The lowest BCUT2D eigenvalue weighted by Crippen LogP contribution is -1.98. The summed E-state index contributed by atoms with van der Waals surface area (Å²) in [5.41, 5.74) is 1.96. The number of aliphatic hydroxyl groups excluding tert-OH is 1. The number of rotatable bonds is 5. The first kappa shape index (κ1) is 14.5. The zero-order valence-corrected chi connectivity index (χ0v) is 12.2. The van der Waals surface area contributed by atoms with Crippen LogP contribution in [0, 0.1) is 0 Å². The molecule has 1 atom stereocenters. The summed E-state index contributed by atoms with van der Waals surface area (Å²) in [6.07, 6.45) is 1.79. The topological polar surface area (TPSA) is 42.4 Å². The van der Waals surface area contributed by atoms with Gasteiger partial charge in [0, 0.05) is 0 Å². The van der Waals surface area contributed by atoms with E-state index in [9.17, 15) is 5.11 Å². The highest BCUT2D eigenvalue weighted by atomic mass is 16.5. The van der Waals surface area contributed by atoms with Gasteiger partial charge in [0.15, 0.2) is 0 Å². The summed E-state index contributed by atoms with van der Waals surface area (Å²) >= 11 is 0. The minimum Gasteiger partial charge on any atom is -0.456 e. The van der Waals surface area contributed by atoms with Gasteiger partial charge in [0.2, 0.25) is 0 Å². The van der Waals surface area contributed by atoms with Gasteiger partial charge < -0.3 is 9.84 Å². The zero-order valence-electron chi connectivity index (χ0n) is 12.2. The van der Waals surface area contributed by atoms with Gasteiger partial charge in [-0.05, 0) is 42.2 Å². The molecule has 0 radical (unpaired) electrons. The van der Waals surface area contributed by atoms with Gasteiger partial charge in [-0.15, -0.1) is 0 Å². The fourth-order valence-electron chi connectivity index (χ4n) is 1.92. The number of pyridine rings is 1. The molecule has 106 valence electrons. The van der Waals surface area contributed by atoms with Gasteiger partial charge in [0.05, 0.1) is 18.0 Å². The second-order valence-corrected chi connectivity index (χ2v) is 5.17. The van der Waals surface area contributed by atoms with Gasteiger partial charge in [0.1, 0.15) is 11.5 Å². The summed E-state index contributed by atoms with van der Waals surface area (Å²) in [6.45, 7) is 6.25. The fraction of sp³-hybridized carbons (Fsp3) is 0.353. The molecule has 20 heavy (non-hydrogen) atoms. The molecule has 1 aromatic heterocycles. The Morgan fingerprint density at radius 3 is 2.20 bits per heavy atom. The standard InChI is InChI=1S/C17H21NO2/c1-4-17(19)16-10-9-15(11-18-16)20-14-7-5-13(6-8-14)12(2)3/h5-12,17,19H,4H2,1-3H3/t17-/m1/s1. The average Bonchev–Trinajstić information content (AvgIpc) is 2.48. The normalized spacial score (nSPS) is 12.4. The van der Waals surface area contributed by atoms with Crippen molar-refractivity contribution in [2.24, 2.45) is 0 Å². The number of hydrogen-bond acceptors (Lipinski definition) is 3. The Hall–Kier alpha value is -1.87. The third kappa shape index (κ3) is 3.58. The Morgan fingerprint density at radius 1 is 1.05 bits per heavy atom. The van der Waals surface area contributed by atoms with E-state index in [4.69, 9.17) is 4.74 Å². The molecule has 3 nitrogen and oxygen atoms in total. The molecular weight excluding hydrogens is 250 g/mol. The molecule has 1 aromatic carbocycles. The first-order valence-corrected chi connectivity index (χ1v) is 7.02. The molecule has 0 amide bonds. The molecule has 0 spiro atoms. The van der Waals surface area contributed by atoms with E-state index in [1.807, 2.05) is 25.1 Å². The molecule has 0 saturated carbocycles. The first-order chi connectivity index (χ1) is 9.60. The maximum absolute atomic E-state index is 9.69. The largest absolute Gasteiger partial charge is 0.456 e. The van der Waals surface area contributed by atoms with E-state index in [0.717, 1.165) is 5.75 Å². The number of nitrogens with zero attached hydrogens (tertiary/aromatic N) is 1. The van der Waals surface area contributed by atoms with Crippen molar-refractivity contribution < 1.29 is 9.84 Å². The van der Waals surface area contributed by atoms with E-state index < -0.39 is 6.10 Å². The van der Waals surface area contributed by atoms with E-state index in [1.54, 1.807) is 12.3 Å². The van der Waals surface area contributed by atoms with Crippen molar-refractivity contribution in [3.05, 3.63) is 53.9 Å². The van der Waals surface area contributed by atoms with Crippen LogP contribution in [0.25, 0.3) is 0 Å². The number of hydrogen-bond donors (Lipinski definition) is 1. The molecule has 1 heterocycles. The van der Waals surface area contributed by atoms with Crippen molar-refractivity contribution in [1.29, 1.82) is 0 Å². The molecule has 0 aliphatic rings. The summed E-state index contributed by atoms with van der Waals surface area (Å²) in [5, 5.41) is 9.69. The summed E-state index contributed by atoms with van der Waals surface area (Å²) in [6, 6.07) is 11.7. The molecule has 0 saturated heterocycles. The van der Waals surface area contributed by atoms with Crippen LogP contribution in [0.1, 0.15) is 50.5 Å². The van der Waals surface area contributed by atoms with Gasteiger partial charge in [-0.1, -0.05) is 32.9 Å². The van der Waals surface area contributed by atoms with Crippen LogP contribution in [0.4, 0.5) is 0 Å². The Bertz CT molecular complexity index is 532. The Labute approximate surface area is 120 Å². The van der Waals surface area contributed by atoms with E-state index in [1.165, 1.54) is 5.56 Å². The van der Waals surface area contributed by atoms with E-state index in [2.05, 4.69) is 31.0 Å². The van der Waals surface area contributed by atoms with E-state index in [0.29, 0.717) is 23.8 Å². The second kappa shape index (κ2) is 6.53. The Kier molecular flexibility index (Phi) is 4.74. The first-order valence-electron chi connectivity index (χ1n) is 7.02. The summed E-state index contributed by atoms with van der Waals surface area (Å²) in [5.74, 6) is 1.98. The Morgan fingerprint density at radius 2 is 1.70 bits per heavy atom. The van der Waals surface area contributed by atoms with E-state index >= 15 is 0 Å². The maximum atomic E-state index is 9.69. The predicted molar refractivity (Wildman–Crippen MR) is 80.1 cm³/mol. The maximum Gasteiger partial charge on any atom is 0.145 e. The highest BCUT2D eigenvalue weighted by molar-refractivity contribution is 5.33. The lowest BCUT2D eigenvalue weighted by molar-refractivity contribution is 0.169. The zero-order chi connectivity index (χ0) is 14.5. The molecular formula is C17H21NO2. The van der Waals surface area contributed by atoms with Crippen LogP contribution in [0.5, 0.6) is 11.5 Å². The van der Waals surface area contributed by atoms with Gasteiger partial charge in [-0.3, -0.25) is 4.98 Å². The average molecular weight is 271 g/mol. The third-order valence-electron chi connectivity index (χ3n) is 3.27. The highest BCUT2D eigenvalue weighted by Gasteiger charge is 2.06. The van der Waals surface area contributed by atoms with Crippen LogP contribution < -0.4 is 4.74 Å². The molecule has 0 unspecified atom stereocenters. The highest BCUT2D eigenvalue weighted by Crippen LogP contribution is 2.24. The molecule has 2 rings (SSSR count). The molecule has 1 N–H and O–H groups in total. The quantitative estimate of drug-likeness (QED) is 0.874. The van der Waals surface area contributed by atoms with Crippen molar-refractivity contribution in [3.63, 3.8) is 0 Å². The minimum atomic E-state index is -0.505. The summed E-state index contributed by atoms with van der Waals surface area (Å²) < 4.78 is 5.74.